The summed E-state index contributed by atoms with van der Waals surface area (Å²) in [6.45, 7) is 3.89. The Morgan fingerprint density at radius 1 is 1.06 bits per heavy atom. The molecule has 2 bridgehead atoms. The minimum atomic E-state index is -5.10. The number of anilines is 2. The first-order valence-corrected chi connectivity index (χ1v) is 16.1. The van der Waals surface area contributed by atoms with E-state index in [1.165, 1.54) is 17.2 Å². The Hall–Kier alpha value is -3.69. The van der Waals surface area contributed by atoms with Crippen molar-refractivity contribution in [1.82, 2.24) is 20.3 Å². The van der Waals surface area contributed by atoms with Gasteiger partial charge in [-0.2, -0.15) is 26.3 Å². The highest BCUT2D eigenvalue weighted by atomic mass is 19.4. The van der Waals surface area contributed by atoms with Crippen LogP contribution in [0.5, 0.6) is 5.88 Å². The zero-order chi connectivity index (χ0) is 34.6. The molecular formula is C32H37F6N5O5. The molecule has 3 fully saturated rings. The van der Waals surface area contributed by atoms with Crippen molar-refractivity contribution in [3.8, 4) is 5.88 Å². The molecule has 2 saturated carbocycles. The topological polar surface area (TPSA) is 127 Å². The Morgan fingerprint density at radius 2 is 1.79 bits per heavy atom. The van der Waals surface area contributed by atoms with E-state index in [1.54, 1.807) is 6.92 Å². The predicted octanol–water partition coefficient (Wildman–Crippen LogP) is 6.07. The third kappa shape index (κ3) is 6.27. The van der Waals surface area contributed by atoms with E-state index in [4.69, 9.17) is 9.47 Å². The molecule has 48 heavy (non-hydrogen) atoms. The van der Waals surface area contributed by atoms with Crippen molar-refractivity contribution in [3.05, 3.63) is 35.3 Å². The quantitative estimate of drug-likeness (QED) is 0.334. The number of alkyl halides is 6. The SMILES string of the molecule is CC1CC2CC(C)C(NC(=O)c3cnc(N4CC5(CCOCC5)c5cc(OCCC(F)(F)F)ncc54)nc3C(F)(F)F)(C(=O)O)C(C1)C2. The number of halogens is 6. The van der Waals surface area contributed by atoms with Gasteiger partial charge >= 0.3 is 18.3 Å². The molecule has 262 valence electrons. The highest BCUT2D eigenvalue weighted by Crippen LogP contribution is 2.52. The summed E-state index contributed by atoms with van der Waals surface area (Å²) in [5, 5.41) is 13.0. The van der Waals surface area contributed by atoms with Crippen molar-refractivity contribution in [3.63, 3.8) is 0 Å². The molecule has 1 spiro atoms. The number of amides is 1. The Balaban J connectivity index is 1.33. The van der Waals surface area contributed by atoms with Gasteiger partial charge in [0.25, 0.3) is 5.91 Å². The molecule has 2 aliphatic carbocycles. The number of aromatic nitrogens is 3. The van der Waals surface area contributed by atoms with Crippen molar-refractivity contribution in [2.45, 2.75) is 82.1 Å². The van der Waals surface area contributed by atoms with E-state index in [-0.39, 0.29) is 30.2 Å². The van der Waals surface area contributed by atoms with E-state index < -0.39 is 71.3 Å². The van der Waals surface area contributed by atoms with Crippen molar-refractivity contribution in [2.75, 3.05) is 31.3 Å². The summed E-state index contributed by atoms with van der Waals surface area (Å²) in [6.07, 6.45) is -5.15. The number of aliphatic carboxylic acids is 1. The number of pyridine rings is 1. The van der Waals surface area contributed by atoms with Crippen LogP contribution in [0.1, 0.15) is 80.4 Å². The van der Waals surface area contributed by atoms with E-state index in [9.17, 15) is 41.0 Å². The Morgan fingerprint density at radius 3 is 2.46 bits per heavy atom. The van der Waals surface area contributed by atoms with Gasteiger partial charge < -0.3 is 24.8 Å². The maximum absolute atomic E-state index is 14.6. The van der Waals surface area contributed by atoms with Crippen LogP contribution in [0, 0.1) is 23.7 Å². The van der Waals surface area contributed by atoms with Gasteiger partial charge in [-0.3, -0.25) is 4.79 Å². The van der Waals surface area contributed by atoms with Crippen LogP contribution in [0.4, 0.5) is 38.0 Å². The maximum atomic E-state index is 14.6. The van der Waals surface area contributed by atoms with Gasteiger partial charge in [-0.05, 0) is 67.8 Å². The molecular weight excluding hydrogens is 648 g/mol. The largest absolute Gasteiger partial charge is 0.479 e. The van der Waals surface area contributed by atoms with E-state index in [2.05, 4.69) is 20.3 Å². The van der Waals surface area contributed by atoms with E-state index in [0.717, 1.165) is 12.6 Å². The number of nitrogens with one attached hydrogen (secondary N) is 1. The van der Waals surface area contributed by atoms with Gasteiger partial charge in [-0.15, -0.1) is 0 Å². The number of nitrogens with zero attached hydrogens (tertiary/aromatic N) is 4. The minimum Gasteiger partial charge on any atom is -0.479 e. The molecule has 6 rings (SSSR count). The van der Waals surface area contributed by atoms with E-state index >= 15 is 0 Å². The first-order valence-electron chi connectivity index (χ1n) is 16.1. The molecule has 5 unspecified atom stereocenters. The summed E-state index contributed by atoms with van der Waals surface area (Å²) in [5.41, 5.74) is -3.85. The van der Waals surface area contributed by atoms with Crippen LogP contribution in [0.3, 0.4) is 0 Å². The van der Waals surface area contributed by atoms with Crippen LogP contribution in [-0.4, -0.2) is 70.0 Å². The molecule has 1 saturated heterocycles. The lowest BCUT2D eigenvalue weighted by Gasteiger charge is -2.52. The normalized spacial score (nSPS) is 28.2. The lowest BCUT2D eigenvalue weighted by atomic mass is 9.56. The van der Waals surface area contributed by atoms with Crippen molar-refractivity contribution < 1.29 is 50.5 Å². The van der Waals surface area contributed by atoms with Crippen molar-refractivity contribution >= 4 is 23.5 Å². The summed E-state index contributed by atoms with van der Waals surface area (Å²) in [7, 11) is 0. The number of hydrogen-bond donors (Lipinski definition) is 2. The third-order valence-corrected chi connectivity index (χ3v) is 10.6. The second kappa shape index (κ2) is 12.3. The molecule has 4 heterocycles. The smallest absolute Gasteiger partial charge is 0.434 e. The number of carbonyl (C=O) groups is 2. The van der Waals surface area contributed by atoms with Gasteiger partial charge in [0.15, 0.2) is 5.69 Å². The Bertz CT molecular complexity index is 1560. The fraction of sp³-hybridized carbons (Fsp3) is 0.656. The summed E-state index contributed by atoms with van der Waals surface area (Å²) < 4.78 is 92.7. The number of fused-ring (bicyclic) bond motifs is 4. The molecule has 0 aromatic carbocycles. The van der Waals surface area contributed by atoms with Crippen LogP contribution in [-0.2, 0) is 21.1 Å². The highest BCUT2D eigenvalue weighted by molar-refractivity contribution is 5.99. The van der Waals surface area contributed by atoms with Gasteiger partial charge in [0.2, 0.25) is 11.8 Å². The summed E-state index contributed by atoms with van der Waals surface area (Å²) in [4.78, 5) is 40.0. The first kappa shape index (κ1) is 34.2. The number of rotatable bonds is 7. The first-order chi connectivity index (χ1) is 22.5. The average Bonchev–Trinajstić information content (AvgIpc) is 3.30. The van der Waals surface area contributed by atoms with E-state index in [1.807, 2.05) is 6.92 Å². The number of carboxylic acids is 1. The molecule has 4 aliphatic rings. The number of carbonyl (C=O) groups excluding carboxylic acids is 1. The Kier molecular flexibility index (Phi) is 8.78. The van der Waals surface area contributed by atoms with Crippen LogP contribution in [0.25, 0.3) is 0 Å². The second-order valence-electron chi connectivity index (χ2n) is 13.8. The van der Waals surface area contributed by atoms with Crippen LogP contribution in [0.15, 0.2) is 18.5 Å². The molecule has 1 amide bonds. The van der Waals surface area contributed by atoms with Gasteiger partial charge in [0, 0.05) is 37.4 Å². The second-order valence-corrected chi connectivity index (χ2v) is 13.8. The summed E-state index contributed by atoms with van der Waals surface area (Å²) in [6, 6.07) is 1.50. The number of hydrogen-bond acceptors (Lipinski definition) is 8. The van der Waals surface area contributed by atoms with Crippen LogP contribution >= 0.6 is 0 Å². The monoisotopic (exact) mass is 685 g/mol. The molecule has 2 aliphatic heterocycles. The molecule has 2 aromatic heterocycles. The van der Waals surface area contributed by atoms with Crippen LogP contribution < -0.4 is 15.0 Å². The zero-order valence-corrected chi connectivity index (χ0v) is 26.5. The Labute approximate surface area is 272 Å². The van der Waals surface area contributed by atoms with Gasteiger partial charge in [0.1, 0.15) is 5.54 Å². The molecule has 16 heteroatoms. The lowest BCUT2D eigenvalue weighted by Crippen LogP contribution is -2.66. The standard InChI is InChI=1S/C32H37F6N5O5/c1-17-9-19-11-18(2)31(27(45)46,20(10-17)12-19)42-26(44)21-14-40-28(41-25(21)32(36,37)38)43-16-29(3-6-47-7-4-29)22-13-24(39-15-23(22)43)48-8-5-30(33,34)35/h13-15,17-20H,3-12,16H2,1-2H3,(H,42,44)(H,45,46). The van der Waals surface area contributed by atoms with Crippen molar-refractivity contribution in [1.29, 1.82) is 0 Å². The number of ether oxygens (including phenoxy) is 2. The van der Waals surface area contributed by atoms with Gasteiger partial charge in [-0.25, -0.2) is 19.7 Å². The average molecular weight is 686 g/mol. The van der Waals surface area contributed by atoms with Crippen LogP contribution in [0.2, 0.25) is 0 Å². The predicted molar refractivity (Wildman–Crippen MR) is 158 cm³/mol. The number of carboxylic acid groups (broad SMARTS) is 1. The maximum Gasteiger partial charge on any atom is 0.434 e. The molecule has 5 atom stereocenters. The summed E-state index contributed by atoms with van der Waals surface area (Å²) in [5.74, 6) is -3.39. The molecule has 2 aromatic rings. The minimum absolute atomic E-state index is 0.0578. The highest BCUT2D eigenvalue weighted by Gasteiger charge is 2.57. The fourth-order valence-electron chi connectivity index (χ4n) is 8.46. The molecule has 2 N–H and O–H groups in total. The van der Waals surface area contributed by atoms with E-state index in [0.29, 0.717) is 56.6 Å². The van der Waals surface area contributed by atoms with Crippen molar-refractivity contribution in [2.24, 2.45) is 23.7 Å². The lowest BCUT2D eigenvalue weighted by molar-refractivity contribution is -0.155. The van der Waals surface area contributed by atoms with Gasteiger partial charge in [-0.1, -0.05) is 13.8 Å². The summed E-state index contributed by atoms with van der Waals surface area (Å²) >= 11 is 0. The third-order valence-electron chi connectivity index (χ3n) is 10.6. The molecule has 0 radical (unpaired) electrons. The zero-order valence-electron chi connectivity index (χ0n) is 26.5. The molecule has 10 nitrogen and oxygen atoms in total. The fourth-order valence-corrected chi connectivity index (χ4v) is 8.46. The van der Waals surface area contributed by atoms with Gasteiger partial charge in [0.05, 0.1) is 30.5 Å².